The topological polar surface area (TPSA) is 53.2 Å². The molecule has 1 heterocycles. The Kier molecular flexibility index (Phi) is 4.56. The van der Waals surface area contributed by atoms with Crippen molar-refractivity contribution in [3.05, 3.63) is 35.9 Å². The third-order valence-electron chi connectivity index (χ3n) is 4.84. The number of carbonyl (C=O) groups is 1. The Labute approximate surface area is 126 Å². The quantitative estimate of drug-likeness (QED) is 0.798. The van der Waals surface area contributed by atoms with Crippen LogP contribution in [0.5, 0.6) is 0 Å². The van der Waals surface area contributed by atoms with Crippen LogP contribution in [0.3, 0.4) is 0 Å². The maximum absolute atomic E-state index is 12.6. The Bertz CT molecular complexity index is 468. The van der Waals surface area contributed by atoms with Gasteiger partial charge in [-0.05, 0) is 37.2 Å². The highest BCUT2D eigenvalue weighted by atomic mass is 16.2. The predicted octanol–water partition coefficient (Wildman–Crippen LogP) is 2.15. The van der Waals surface area contributed by atoms with Crippen molar-refractivity contribution >= 4 is 5.91 Å². The van der Waals surface area contributed by atoms with Crippen LogP contribution in [-0.2, 0) is 4.79 Å². The zero-order chi connectivity index (χ0) is 14.7. The second-order valence-electron chi connectivity index (χ2n) is 6.49. The monoisotopic (exact) mass is 287 g/mol. The minimum absolute atomic E-state index is 0.0354. The maximum atomic E-state index is 12.6. The van der Waals surface area contributed by atoms with Crippen molar-refractivity contribution in [3.8, 4) is 0 Å². The molecule has 1 aromatic rings. The van der Waals surface area contributed by atoms with Gasteiger partial charge in [0.2, 0.25) is 5.91 Å². The first-order valence-corrected chi connectivity index (χ1v) is 8.07. The number of hydrogen-bond donors (Lipinski definition) is 3. The maximum Gasteiger partial charge on any atom is 0.226 e. The number of rotatable bonds is 3. The van der Waals surface area contributed by atoms with E-state index in [9.17, 15) is 4.79 Å². The molecule has 4 nitrogen and oxygen atoms in total. The van der Waals surface area contributed by atoms with Crippen molar-refractivity contribution in [2.75, 3.05) is 6.54 Å². The van der Waals surface area contributed by atoms with Crippen molar-refractivity contribution in [2.24, 2.45) is 11.8 Å². The summed E-state index contributed by atoms with van der Waals surface area (Å²) >= 11 is 0. The smallest absolute Gasteiger partial charge is 0.226 e. The van der Waals surface area contributed by atoms with E-state index in [2.05, 4.69) is 35.2 Å². The zero-order valence-corrected chi connectivity index (χ0v) is 12.6. The van der Waals surface area contributed by atoms with E-state index in [1.54, 1.807) is 0 Å². The lowest BCUT2D eigenvalue weighted by Gasteiger charge is -2.28. The van der Waals surface area contributed by atoms with Crippen LogP contribution in [0.2, 0.25) is 0 Å². The summed E-state index contributed by atoms with van der Waals surface area (Å²) in [7, 11) is 0. The molecule has 1 saturated carbocycles. The molecule has 1 aliphatic heterocycles. The van der Waals surface area contributed by atoms with Gasteiger partial charge in [0.25, 0.3) is 0 Å². The largest absolute Gasteiger partial charge is 0.353 e. The second-order valence-corrected chi connectivity index (χ2v) is 6.49. The molecule has 1 amide bonds. The first kappa shape index (κ1) is 14.5. The number of hydrogen-bond acceptors (Lipinski definition) is 3. The van der Waals surface area contributed by atoms with Gasteiger partial charge in [-0.25, -0.2) is 5.43 Å². The molecule has 2 fully saturated rings. The number of benzene rings is 1. The van der Waals surface area contributed by atoms with Gasteiger partial charge >= 0.3 is 0 Å². The molecular weight excluding hydrogens is 262 g/mol. The Hall–Kier alpha value is -1.39. The summed E-state index contributed by atoms with van der Waals surface area (Å²) in [4.78, 5) is 12.6. The molecule has 114 valence electrons. The number of nitrogens with one attached hydrogen (secondary N) is 3. The van der Waals surface area contributed by atoms with Gasteiger partial charge in [0.15, 0.2) is 0 Å². The Morgan fingerprint density at radius 1 is 1.14 bits per heavy atom. The van der Waals surface area contributed by atoms with Gasteiger partial charge in [0.1, 0.15) is 0 Å². The lowest BCUT2D eigenvalue weighted by Crippen LogP contribution is -2.42. The molecule has 2 aliphatic rings. The lowest BCUT2D eigenvalue weighted by molar-refractivity contribution is -0.125. The van der Waals surface area contributed by atoms with Crippen LogP contribution in [0.4, 0.5) is 0 Å². The van der Waals surface area contributed by atoms with E-state index in [1.165, 1.54) is 18.4 Å². The summed E-state index contributed by atoms with van der Waals surface area (Å²) < 4.78 is 0. The first-order valence-electron chi connectivity index (χ1n) is 8.07. The molecule has 1 aliphatic carbocycles. The highest BCUT2D eigenvalue weighted by Gasteiger charge is 2.35. The van der Waals surface area contributed by atoms with Gasteiger partial charge in [0, 0.05) is 12.6 Å². The minimum atomic E-state index is -0.0354. The molecule has 0 spiro atoms. The van der Waals surface area contributed by atoms with Crippen molar-refractivity contribution in [3.63, 3.8) is 0 Å². The highest BCUT2D eigenvalue weighted by Crippen LogP contribution is 2.27. The van der Waals surface area contributed by atoms with Gasteiger partial charge in [-0.15, -0.1) is 0 Å². The van der Waals surface area contributed by atoms with Gasteiger partial charge in [0.05, 0.1) is 12.0 Å². The summed E-state index contributed by atoms with van der Waals surface area (Å²) in [6, 6.07) is 10.6. The molecule has 0 bridgehead atoms. The fourth-order valence-electron chi connectivity index (χ4n) is 3.43. The Morgan fingerprint density at radius 3 is 2.57 bits per heavy atom. The Balaban J connectivity index is 1.61. The van der Waals surface area contributed by atoms with Crippen LogP contribution in [0.1, 0.15) is 44.2 Å². The molecule has 1 aromatic carbocycles. The van der Waals surface area contributed by atoms with Crippen LogP contribution < -0.4 is 16.2 Å². The van der Waals surface area contributed by atoms with Gasteiger partial charge in [-0.2, -0.15) is 0 Å². The predicted molar refractivity (Wildman–Crippen MR) is 83.4 cm³/mol. The average molecular weight is 287 g/mol. The fraction of sp³-hybridized carbons (Fsp3) is 0.588. The second kappa shape index (κ2) is 6.58. The summed E-state index contributed by atoms with van der Waals surface area (Å²) in [5.74, 6) is 0.956. The first-order chi connectivity index (χ1) is 10.2. The van der Waals surface area contributed by atoms with Gasteiger partial charge < -0.3 is 5.32 Å². The molecule has 4 heteroatoms. The van der Waals surface area contributed by atoms with E-state index in [4.69, 9.17) is 0 Å². The minimum Gasteiger partial charge on any atom is -0.353 e. The van der Waals surface area contributed by atoms with Crippen LogP contribution >= 0.6 is 0 Å². The van der Waals surface area contributed by atoms with Crippen LogP contribution in [0.15, 0.2) is 30.3 Å². The van der Waals surface area contributed by atoms with Crippen LogP contribution in [0, 0.1) is 11.8 Å². The van der Waals surface area contributed by atoms with Crippen LogP contribution in [-0.4, -0.2) is 18.5 Å². The lowest BCUT2D eigenvalue weighted by atomic mass is 9.86. The van der Waals surface area contributed by atoms with Crippen molar-refractivity contribution in [1.29, 1.82) is 0 Å². The highest BCUT2D eigenvalue weighted by molar-refractivity contribution is 5.80. The molecule has 3 rings (SSSR count). The zero-order valence-electron chi connectivity index (χ0n) is 12.6. The van der Waals surface area contributed by atoms with Crippen molar-refractivity contribution in [1.82, 2.24) is 16.2 Å². The average Bonchev–Trinajstić information content (AvgIpc) is 3.00. The Morgan fingerprint density at radius 2 is 1.86 bits per heavy atom. The molecule has 0 radical (unpaired) electrons. The molecule has 1 saturated heterocycles. The fourth-order valence-corrected chi connectivity index (χ4v) is 3.43. The molecule has 2 atom stereocenters. The summed E-state index contributed by atoms with van der Waals surface area (Å²) in [6.07, 6.45) is 4.70. The third kappa shape index (κ3) is 3.44. The number of hydrazine groups is 1. The van der Waals surface area contributed by atoms with E-state index in [0.717, 1.165) is 18.8 Å². The van der Waals surface area contributed by atoms with Gasteiger partial charge in [-0.1, -0.05) is 37.3 Å². The molecular formula is C17H25N3O. The van der Waals surface area contributed by atoms with Crippen LogP contribution in [0.25, 0.3) is 0 Å². The summed E-state index contributed by atoms with van der Waals surface area (Å²) in [6.45, 7) is 2.99. The molecule has 0 aromatic heterocycles. The standard InChI is InChI=1S/C17H25N3O/c1-12-7-9-14(10-8-12)19-17(21)15-11-18-20-16(15)13-5-3-2-4-6-13/h2-6,12,14-16,18,20H,7-11H2,1H3,(H,19,21). The molecule has 3 N–H and O–H groups in total. The van der Waals surface area contributed by atoms with Crippen molar-refractivity contribution in [2.45, 2.75) is 44.7 Å². The molecule has 2 unspecified atom stereocenters. The summed E-state index contributed by atoms with van der Waals surface area (Å²) in [5.41, 5.74) is 7.54. The molecule has 21 heavy (non-hydrogen) atoms. The van der Waals surface area contributed by atoms with Crippen molar-refractivity contribution < 1.29 is 4.79 Å². The van der Waals surface area contributed by atoms with E-state index >= 15 is 0 Å². The van der Waals surface area contributed by atoms with E-state index in [-0.39, 0.29) is 17.9 Å². The SMILES string of the molecule is CC1CCC(NC(=O)C2CNNC2c2ccccc2)CC1. The van der Waals surface area contributed by atoms with Gasteiger partial charge in [-0.3, -0.25) is 10.2 Å². The normalized spacial score (nSPS) is 32.8. The number of carbonyl (C=O) groups excluding carboxylic acids is 1. The van der Waals surface area contributed by atoms with E-state index < -0.39 is 0 Å². The third-order valence-corrected chi connectivity index (χ3v) is 4.84. The van der Waals surface area contributed by atoms with E-state index in [0.29, 0.717) is 12.6 Å². The number of amides is 1. The van der Waals surface area contributed by atoms with E-state index in [1.807, 2.05) is 18.2 Å². The summed E-state index contributed by atoms with van der Waals surface area (Å²) in [5, 5.41) is 3.26.